The zero-order chi connectivity index (χ0) is 22.0. The van der Waals surface area contributed by atoms with Crippen molar-refractivity contribution in [3.63, 3.8) is 0 Å². The summed E-state index contributed by atoms with van der Waals surface area (Å²) in [5.74, 6) is -10.3. The number of piperidine rings is 2. The van der Waals surface area contributed by atoms with E-state index in [1.54, 1.807) is 0 Å². The van der Waals surface area contributed by atoms with E-state index in [4.69, 9.17) is 0 Å². The van der Waals surface area contributed by atoms with Crippen LogP contribution in [0.25, 0.3) is 0 Å². The smallest absolute Gasteiger partial charge is 0.244 e. The number of nitrogens with zero attached hydrogens (tertiary/aromatic N) is 4. The van der Waals surface area contributed by atoms with Gasteiger partial charge in [0.2, 0.25) is 23.6 Å². The molecule has 4 unspecified atom stereocenters. The Balaban J connectivity index is 2.03. The zero-order valence-electron chi connectivity index (χ0n) is 15.2. The Hall–Kier alpha value is -4.54. The van der Waals surface area contributed by atoms with E-state index < -0.39 is 59.1 Å². The quantitative estimate of drug-likeness (QED) is 0.634. The van der Waals surface area contributed by atoms with E-state index in [0.717, 1.165) is 0 Å². The molecule has 2 heterocycles. The van der Waals surface area contributed by atoms with Crippen molar-refractivity contribution in [1.82, 2.24) is 10.6 Å². The largest absolute Gasteiger partial charge is 0.294 e. The summed E-state index contributed by atoms with van der Waals surface area (Å²) in [5.41, 5.74) is 0.710. The van der Waals surface area contributed by atoms with Crippen LogP contribution in [-0.4, -0.2) is 23.6 Å². The first-order valence-electron chi connectivity index (χ1n) is 8.75. The molecule has 4 atom stereocenters. The Morgan fingerprint density at radius 2 is 0.767 bits per heavy atom. The number of benzene rings is 1. The third kappa shape index (κ3) is 3.13. The summed E-state index contributed by atoms with van der Waals surface area (Å²) in [4.78, 5) is 48.1. The van der Waals surface area contributed by atoms with Crippen molar-refractivity contribution >= 4 is 23.6 Å². The first kappa shape index (κ1) is 20.2. The minimum Gasteiger partial charge on any atom is -0.294 e. The van der Waals surface area contributed by atoms with Gasteiger partial charge in [-0.15, -0.1) is 0 Å². The minimum absolute atomic E-state index is 0.355. The summed E-state index contributed by atoms with van der Waals surface area (Å²) in [7, 11) is 0. The molecule has 3 rings (SSSR count). The molecule has 0 aliphatic carbocycles. The minimum atomic E-state index is -1.26. The molecule has 2 fully saturated rings. The van der Waals surface area contributed by atoms with Crippen LogP contribution in [0.5, 0.6) is 0 Å². The van der Waals surface area contributed by atoms with Crippen LogP contribution >= 0.6 is 0 Å². The first-order chi connectivity index (χ1) is 14.4. The van der Waals surface area contributed by atoms with Gasteiger partial charge in [-0.05, 0) is 11.1 Å². The second kappa shape index (κ2) is 7.83. The molecule has 0 radical (unpaired) electrons. The van der Waals surface area contributed by atoms with Gasteiger partial charge in [0.15, 0.2) is 0 Å². The van der Waals surface area contributed by atoms with Gasteiger partial charge in [0, 0.05) is 11.8 Å². The van der Waals surface area contributed by atoms with Gasteiger partial charge in [-0.2, -0.15) is 21.0 Å². The molecule has 10 nitrogen and oxygen atoms in total. The van der Waals surface area contributed by atoms with Gasteiger partial charge < -0.3 is 0 Å². The van der Waals surface area contributed by atoms with Crippen LogP contribution < -0.4 is 10.6 Å². The van der Waals surface area contributed by atoms with E-state index in [1.165, 1.54) is 24.3 Å². The summed E-state index contributed by atoms with van der Waals surface area (Å²) in [6.07, 6.45) is 0. The number of nitrogens with one attached hydrogen (secondary N) is 2. The monoisotopic (exact) mass is 400 g/mol. The lowest BCUT2D eigenvalue weighted by Crippen LogP contribution is -2.50. The van der Waals surface area contributed by atoms with Crippen molar-refractivity contribution in [2.45, 2.75) is 11.8 Å². The third-order valence-corrected chi connectivity index (χ3v) is 5.32. The molecule has 0 bridgehead atoms. The Kier molecular flexibility index (Phi) is 5.27. The standard InChI is InChI=1S/C20H12N6O4/c21-5-11-15(12(6-22)18(28)25-17(11)27)9-1-2-10(4-3-9)16-13(7-23)19(29)26-20(30)14(16)8-24/h1-4,11-16H,(H,25,27,28)(H,26,29,30). The fraction of sp³-hybridized carbons (Fsp3) is 0.300. The Morgan fingerprint density at radius 1 is 0.533 bits per heavy atom. The number of carbonyl (C=O) groups is 4. The highest BCUT2D eigenvalue weighted by molar-refractivity contribution is 6.04. The lowest BCUT2D eigenvalue weighted by molar-refractivity contribution is -0.139. The van der Waals surface area contributed by atoms with Gasteiger partial charge in [-0.3, -0.25) is 29.8 Å². The Morgan fingerprint density at radius 3 is 0.967 bits per heavy atom. The van der Waals surface area contributed by atoms with Crippen LogP contribution in [-0.2, 0) is 19.2 Å². The number of amides is 4. The number of carbonyl (C=O) groups excluding carboxylic acids is 4. The lowest BCUT2D eigenvalue weighted by atomic mass is 9.72. The van der Waals surface area contributed by atoms with Crippen molar-refractivity contribution in [1.29, 1.82) is 21.0 Å². The first-order valence-corrected chi connectivity index (χ1v) is 8.75. The van der Waals surface area contributed by atoms with Gasteiger partial charge in [-0.25, -0.2) is 0 Å². The predicted octanol–water partition coefficient (Wildman–Crippen LogP) is -0.274. The maximum absolute atomic E-state index is 12.0. The molecule has 2 aliphatic rings. The number of rotatable bonds is 2. The zero-order valence-corrected chi connectivity index (χ0v) is 15.2. The number of hydrogen-bond donors (Lipinski definition) is 2. The Labute approximate surface area is 170 Å². The van der Waals surface area contributed by atoms with E-state index in [2.05, 4.69) is 0 Å². The highest BCUT2D eigenvalue weighted by Crippen LogP contribution is 2.39. The van der Waals surface area contributed by atoms with E-state index in [0.29, 0.717) is 11.1 Å². The molecule has 2 N–H and O–H groups in total. The molecule has 1 aromatic carbocycles. The Bertz CT molecular complexity index is 961. The third-order valence-electron chi connectivity index (χ3n) is 5.32. The van der Waals surface area contributed by atoms with Crippen LogP contribution in [0.2, 0.25) is 0 Å². The van der Waals surface area contributed by atoms with Crippen LogP contribution in [0, 0.1) is 69.0 Å². The van der Waals surface area contributed by atoms with E-state index in [9.17, 15) is 40.2 Å². The fourth-order valence-corrected chi connectivity index (χ4v) is 3.86. The predicted molar refractivity (Wildman–Crippen MR) is 94.6 cm³/mol. The molecule has 0 saturated carbocycles. The van der Waals surface area contributed by atoms with Crippen LogP contribution in [0.15, 0.2) is 24.3 Å². The average Bonchev–Trinajstić information content (AvgIpc) is 2.73. The average molecular weight is 400 g/mol. The molecular formula is C20H12N6O4. The van der Waals surface area contributed by atoms with Crippen LogP contribution in [0.4, 0.5) is 0 Å². The molecule has 4 amide bonds. The van der Waals surface area contributed by atoms with Crippen LogP contribution in [0.3, 0.4) is 0 Å². The maximum Gasteiger partial charge on any atom is 0.244 e. The van der Waals surface area contributed by atoms with E-state index in [-0.39, 0.29) is 0 Å². The summed E-state index contributed by atoms with van der Waals surface area (Å²) < 4.78 is 0. The normalized spacial score (nSPS) is 30.7. The lowest BCUT2D eigenvalue weighted by Gasteiger charge is -2.31. The SMILES string of the molecule is N#CC1C(=O)NC(=O)C(C#N)C1c1ccc(C2C(C#N)C(=O)NC(=O)C2C#N)cc1. The van der Waals surface area contributed by atoms with Gasteiger partial charge in [0.1, 0.15) is 23.7 Å². The molecule has 0 spiro atoms. The molecule has 30 heavy (non-hydrogen) atoms. The maximum atomic E-state index is 12.0. The van der Waals surface area contributed by atoms with Gasteiger partial charge in [0.05, 0.1) is 24.3 Å². The fourth-order valence-electron chi connectivity index (χ4n) is 3.86. The summed E-state index contributed by atoms with van der Waals surface area (Å²) in [5, 5.41) is 41.4. The second-order valence-corrected chi connectivity index (χ2v) is 6.85. The van der Waals surface area contributed by atoms with Gasteiger partial charge in [0.25, 0.3) is 0 Å². The molecule has 10 heteroatoms. The second-order valence-electron chi connectivity index (χ2n) is 6.85. The van der Waals surface area contributed by atoms with Crippen molar-refractivity contribution < 1.29 is 19.2 Å². The highest BCUT2D eigenvalue weighted by atomic mass is 16.2. The van der Waals surface area contributed by atoms with Gasteiger partial charge >= 0.3 is 0 Å². The van der Waals surface area contributed by atoms with Crippen molar-refractivity contribution in [3.8, 4) is 24.3 Å². The van der Waals surface area contributed by atoms with Crippen molar-refractivity contribution in [2.24, 2.45) is 23.7 Å². The van der Waals surface area contributed by atoms with Crippen molar-refractivity contribution in [2.75, 3.05) is 0 Å². The number of nitriles is 4. The molecular weight excluding hydrogens is 388 g/mol. The summed E-state index contributed by atoms with van der Waals surface area (Å²) in [6.45, 7) is 0. The molecule has 2 aliphatic heterocycles. The topological polar surface area (TPSA) is 187 Å². The summed E-state index contributed by atoms with van der Waals surface area (Å²) in [6, 6.07) is 13.1. The number of hydrogen-bond acceptors (Lipinski definition) is 8. The van der Waals surface area contributed by atoms with E-state index in [1.807, 2.05) is 34.9 Å². The van der Waals surface area contributed by atoms with Crippen LogP contribution in [0.1, 0.15) is 23.0 Å². The van der Waals surface area contributed by atoms with E-state index >= 15 is 0 Å². The summed E-state index contributed by atoms with van der Waals surface area (Å²) >= 11 is 0. The molecule has 0 aromatic heterocycles. The molecule has 1 aromatic rings. The number of imide groups is 2. The highest BCUT2D eigenvalue weighted by Gasteiger charge is 2.47. The molecule has 146 valence electrons. The molecule has 2 saturated heterocycles. The van der Waals surface area contributed by atoms with Gasteiger partial charge in [-0.1, -0.05) is 24.3 Å². The van der Waals surface area contributed by atoms with Crippen molar-refractivity contribution in [3.05, 3.63) is 35.4 Å².